The van der Waals surface area contributed by atoms with Crippen molar-refractivity contribution in [1.82, 2.24) is 9.80 Å². The van der Waals surface area contributed by atoms with Gasteiger partial charge >= 0.3 is 0 Å². The number of halogens is 1. The van der Waals surface area contributed by atoms with Gasteiger partial charge in [-0.15, -0.1) is 0 Å². The fourth-order valence-corrected chi connectivity index (χ4v) is 3.45. The van der Waals surface area contributed by atoms with Gasteiger partial charge in [0.25, 0.3) is 0 Å². The molecule has 1 fully saturated rings. The molecule has 0 aliphatic carbocycles. The Morgan fingerprint density at radius 2 is 1.50 bits per heavy atom. The van der Waals surface area contributed by atoms with E-state index >= 15 is 0 Å². The number of nitrogens with zero attached hydrogens (tertiary/aromatic N) is 2. The molecule has 0 spiro atoms. The molecule has 1 heterocycles. The summed E-state index contributed by atoms with van der Waals surface area (Å²) in [5.74, 6) is 0.874. The highest BCUT2D eigenvalue weighted by Gasteiger charge is 2.19. The minimum absolute atomic E-state index is 0.232. The van der Waals surface area contributed by atoms with Crippen molar-refractivity contribution in [2.45, 2.75) is 26.9 Å². The first-order chi connectivity index (χ1) is 12.5. The van der Waals surface area contributed by atoms with Gasteiger partial charge in [0.15, 0.2) is 0 Å². The van der Waals surface area contributed by atoms with E-state index in [1.54, 1.807) is 19.2 Å². The summed E-state index contributed by atoms with van der Waals surface area (Å²) in [7, 11) is 1.62. The van der Waals surface area contributed by atoms with Crippen molar-refractivity contribution in [2.24, 2.45) is 0 Å². The molecule has 0 radical (unpaired) electrons. The van der Waals surface area contributed by atoms with E-state index in [4.69, 9.17) is 4.74 Å². The largest absolute Gasteiger partial charge is 0.508 e. The molecule has 1 aliphatic rings. The van der Waals surface area contributed by atoms with Gasteiger partial charge in [-0.2, -0.15) is 0 Å². The molecule has 0 saturated carbocycles. The first-order valence-electron chi connectivity index (χ1n) is 9.02. The van der Waals surface area contributed by atoms with Crippen LogP contribution in [0, 0.1) is 19.7 Å². The van der Waals surface area contributed by atoms with Crippen molar-refractivity contribution in [3.63, 3.8) is 0 Å². The van der Waals surface area contributed by atoms with Crippen LogP contribution in [-0.4, -0.2) is 48.2 Å². The summed E-state index contributed by atoms with van der Waals surface area (Å²) < 4.78 is 18.9. The second-order valence-electron chi connectivity index (χ2n) is 7.07. The van der Waals surface area contributed by atoms with Crippen LogP contribution in [0.2, 0.25) is 0 Å². The Labute approximate surface area is 154 Å². The van der Waals surface area contributed by atoms with Crippen molar-refractivity contribution in [3.8, 4) is 11.5 Å². The van der Waals surface area contributed by atoms with Gasteiger partial charge in [0.05, 0.1) is 7.11 Å². The average Bonchev–Trinajstić information content (AvgIpc) is 2.61. The molecular formula is C21H27FN2O2. The maximum absolute atomic E-state index is 13.5. The van der Waals surface area contributed by atoms with Crippen molar-refractivity contribution in [3.05, 3.63) is 58.4 Å². The van der Waals surface area contributed by atoms with Crippen LogP contribution in [-0.2, 0) is 13.1 Å². The summed E-state index contributed by atoms with van der Waals surface area (Å²) in [4.78, 5) is 4.66. The number of aromatic hydroxyl groups is 1. The van der Waals surface area contributed by atoms with E-state index in [0.29, 0.717) is 12.3 Å². The zero-order valence-electron chi connectivity index (χ0n) is 15.8. The van der Waals surface area contributed by atoms with Gasteiger partial charge < -0.3 is 9.84 Å². The molecule has 26 heavy (non-hydrogen) atoms. The zero-order chi connectivity index (χ0) is 18.7. The predicted molar refractivity (Wildman–Crippen MR) is 101 cm³/mol. The Kier molecular flexibility index (Phi) is 5.79. The monoisotopic (exact) mass is 358 g/mol. The van der Waals surface area contributed by atoms with Crippen LogP contribution in [0.5, 0.6) is 11.5 Å². The number of benzene rings is 2. The molecule has 2 aromatic carbocycles. The van der Waals surface area contributed by atoms with Crippen LogP contribution in [0.1, 0.15) is 22.3 Å². The fourth-order valence-electron chi connectivity index (χ4n) is 3.45. The second kappa shape index (κ2) is 8.06. The Bertz CT molecular complexity index is 771. The fraction of sp³-hybridized carbons (Fsp3) is 0.429. The minimum Gasteiger partial charge on any atom is -0.508 e. The summed E-state index contributed by atoms with van der Waals surface area (Å²) >= 11 is 0. The lowest BCUT2D eigenvalue weighted by Gasteiger charge is -2.35. The highest BCUT2D eigenvalue weighted by atomic mass is 19.1. The molecule has 0 amide bonds. The third kappa shape index (κ3) is 4.34. The van der Waals surface area contributed by atoms with E-state index in [-0.39, 0.29) is 5.82 Å². The molecule has 0 unspecified atom stereocenters. The first-order valence-corrected chi connectivity index (χ1v) is 9.02. The first kappa shape index (κ1) is 18.7. The average molecular weight is 358 g/mol. The van der Waals surface area contributed by atoms with E-state index in [9.17, 15) is 9.50 Å². The molecule has 0 bridgehead atoms. The number of ether oxygens (including phenoxy) is 1. The lowest BCUT2D eigenvalue weighted by Crippen LogP contribution is -2.45. The number of methoxy groups -OCH3 is 1. The maximum Gasteiger partial charge on any atom is 0.123 e. The van der Waals surface area contributed by atoms with Crippen molar-refractivity contribution in [1.29, 1.82) is 0 Å². The van der Waals surface area contributed by atoms with Gasteiger partial charge in [-0.05, 0) is 49.2 Å². The van der Waals surface area contributed by atoms with Crippen LogP contribution >= 0.6 is 0 Å². The topological polar surface area (TPSA) is 35.9 Å². The highest BCUT2D eigenvalue weighted by Crippen LogP contribution is 2.25. The third-order valence-corrected chi connectivity index (χ3v) is 5.19. The molecule has 0 atom stereocenters. The van der Waals surface area contributed by atoms with E-state index in [1.807, 2.05) is 13.0 Å². The summed E-state index contributed by atoms with van der Waals surface area (Å²) in [6.07, 6.45) is 0. The number of aryl methyl sites for hydroxylation is 2. The van der Waals surface area contributed by atoms with Crippen molar-refractivity contribution >= 4 is 0 Å². The van der Waals surface area contributed by atoms with Gasteiger partial charge in [0.2, 0.25) is 0 Å². The van der Waals surface area contributed by atoms with Crippen molar-refractivity contribution in [2.75, 3.05) is 33.3 Å². The molecular weight excluding hydrogens is 331 g/mol. The van der Waals surface area contributed by atoms with E-state index < -0.39 is 0 Å². The molecule has 140 valence electrons. The third-order valence-electron chi connectivity index (χ3n) is 5.19. The van der Waals surface area contributed by atoms with Crippen LogP contribution in [0.15, 0.2) is 30.3 Å². The number of rotatable bonds is 5. The predicted octanol–water partition coefficient (Wildman–Crippen LogP) is 3.47. The summed E-state index contributed by atoms with van der Waals surface area (Å²) in [5.41, 5.74) is 4.18. The Morgan fingerprint density at radius 3 is 2.12 bits per heavy atom. The van der Waals surface area contributed by atoms with Gasteiger partial charge in [-0.25, -0.2) is 4.39 Å². The second-order valence-corrected chi connectivity index (χ2v) is 7.07. The standard InChI is InChI=1S/C21H27FN2O2/c1-15-10-17(20(25)11-16(15)2)13-23-6-8-24(9-7-23)14-18-12-19(22)4-5-21(18)26-3/h4-5,10-12,25H,6-9,13-14H2,1-3H3. The maximum atomic E-state index is 13.5. The van der Waals surface area contributed by atoms with Crippen LogP contribution in [0.3, 0.4) is 0 Å². The van der Waals surface area contributed by atoms with Crippen LogP contribution in [0.4, 0.5) is 4.39 Å². The molecule has 4 nitrogen and oxygen atoms in total. The van der Waals surface area contributed by atoms with E-state index in [0.717, 1.165) is 55.2 Å². The molecule has 1 saturated heterocycles. The number of piperazine rings is 1. The minimum atomic E-state index is -0.232. The lowest BCUT2D eigenvalue weighted by molar-refractivity contribution is 0.120. The molecule has 0 aromatic heterocycles. The lowest BCUT2D eigenvalue weighted by atomic mass is 10.0. The van der Waals surface area contributed by atoms with Crippen molar-refractivity contribution < 1.29 is 14.2 Å². The quantitative estimate of drug-likeness (QED) is 0.888. The number of hydrogen-bond acceptors (Lipinski definition) is 4. The molecule has 2 aromatic rings. The van der Waals surface area contributed by atoms with Gasteiger partial charge in [-0.3, -0.25) is 9.80 Å². The number of phenols is 1. The molecule has 1 N–H and O–H groups in total. The number of hydrogen-bond donors (Lipinski definition) is 1. The van der Waals surface area contributed by atoms with Crippen LogP contribution < -0.4 is 4.74 Å². The molecule has 1 aliphatic heterocycles. The SMILES string of the molecule is COc1ccc(F)cc1CN1CCN(Cc2cc(C)c(C)cc2O)CC1. The Hall–Kier alpha value is -2.11. The van der Waals surface area contributed by atoms with E-state index in [2.05, 4.69) is 22.8 Å². The highest BCUT2D eigenvalue weighted by molar-refractivity contribution is 5.40. The smallest absolute Gasteiger partial charge is 0.123 e. The summed E-state index contributed by atoms with van der Waals surface area (Å²) in [5, 5.41) is 10.2. The molecule has 3 rings (SSSR count). The summed E-state index contributed by atoms with van der Waals surface area (Å²) in [6, 6.07) is 8.59. The molecule has 5 heteroatoms. The van der Waals surface area contributed by atoms with Crippen LogP contribution in [0.25, 0.3) is 0 Å². The van der Waals surface area contributed by atoms with Gasteiger partial charge in [0, 0.05) is 50.4 Å². The van der Waals surface area contributed by atoms with Gasteiger partial charge in [-0.1, -0.05) is 6.07 Å². The number of phenolic OH excluding ortho intramolecular Hbond substituents is 1. The summed E-state index contributed by atoms with van der Waals surface area (Å²) in [6.45, 7) is 9.18. The zero-order valence-corrected chi connectivity index (χ0v) is 15.8. The van der Waals surface area contributed by atoms with Gasteiger partial charge in [0.1, 0.15) is 17.3 Å². The normalized spacial score (nSPS) is 16.0. The Balaban J connectivity index is 1.58. The van der Waals surface area contributed by atoms with E-state index in [1.165, 1.54) is 11.6 Å². The Morgan fingerprint density at radius 1 is 0.923 bits per heavy atom.